The minimum Gasteiger partial charge on any atom is -0.478 e. The molecule has 1 aliphatic rings. The van der Waals surface area contributed by atoms with Gasteiger partial charge in [-0.25, -0.2) is 4.79 Å². The van der Waals surface area contributed by atoms with Gasteiger partial charge in [0.05, 0.1) is 0 Å². The van der Waals surface area contributed by atoms with Crippen LogP contribution in [0.3, 0.4) is 0 Å². The number of hydrogen-bond acceptors (Lipinski definition) is 3. The minimum absolute atomic E-state index is 0.359. The molecule has 2 rings (SSSR count). The Morgan fingerprint density at radius 3 is 2.90 bits per heavy atom. The van der Waals surface area contributed by atoms with Gasteiger partial charge in [-0.05, 0) is 30.2 Å². The molecular weight excluding hydrogens is 282 g/mol. The number of nitrogens with zero attached hydrogens (tertiary/aromatic N) is 1. The second-order valence-electron chi connectivity index (χ2n) is 6.00. The summed E-state index contributed by atoms with van der Waals surface area (Å²) in [4.78, 5) is 13.2. The van der Waals surface area contributed by atoms with E-state index in [2.05, 4.69) is 24.8 Å². The van der Waals surface area contributed by atoms with Crippen LogP contribution in [0.15, 0.2) is 30.3 Å². The number of carbonyl (C=O) groups is 1. The van der Waals surface area contributed by atoms with E-state index in [1.807, 2.05) is 30.0 Å². The first kappa shape index (κ1) is 16.1. The Balaban J connectivity index is 2.07. The van der Waals surface area contributed by atoms with E-state index in [0.29, 0.717) is 4.75 Å². The van der Waals surface area contributed by atoms with Crippen LogP contribution in [0.1, 0.15) is 31.4 Å². The summed E-state index contributed by atoms with van der Waals surface area (Å²) < 4.78 is 0.359. The summed E-state index contributed by atoms with van der Waals surface area (Å²) in [6, 6.07) is 8.03. The molecule has 1 saturated heterocycles. The van der Waals surface area contributed by atoms with Crippen LogP contribution in [0, 0.1) is 0 Å². The largest absolute Gasteiger partial charge is 0.478 e. The second kappa shape index (κ2) is 7.14. The van der Waals surface area contributed by atoms with Gasteiger partial charge in [0.25, 0.3) is 0 Å². The van der Waals surface area contributed by atoms with E-state index in [1.165, 1.54) is 18.1 Å². The lowest BCUT2D eigenvalue weighted by Gasteiger charge is -2.23. The van der Waals surface area contributed by atoms with Crippen molar-refractivity contribution < 1.29 is 9.90 Å². The maximum Gasteiger partial charge on any atom is 0.328 e. The molecule has 0 unspecified atom stereocenters. The molecule has 1 fully saturated rings. The average molecular weight is 305 g/mol. The van der Waals surface area contributed by atoms with Gasteiger partial charge >= 0.3 is 5.97 Å². The summed E-state index contributed by atoms with van der Waals surface area (Å²) in [6.07, 6.45) is 4.08. The quantitative estimate of drug-likeness (QED) is 0.864. The average Bonchev–Trinajstić information content (AvgIpc) is 2.59. The lowest BCUT2D eigenvalue weighted by molar-refractivity contribution is -0.131. The molecule has 0 radical (unpaired) electrons. The summed E-state index contributed by atoms with van der Waals surface area (Å²) >= 11 is 2.04. The minimum atomic E-state index is -0.905. The number of rotatable bonds is 4. The summed E-state index contributed by atoms with van der Waals surface area (Å²) in [5.41, 5.74) is 2.19. The van der Waals surface area contributed by atoms with Gasteiger partial charge < -0.3 is 5.11 Å². The van der Waals surface area contributed by atoms with Crippen molar-refractivity contribution >= 4 is 23.8 Å². The van der Waals surface area contributed by atoms with Crippen molar-refractivity contribution in [3.63, 3.8) is 0 Å². The number of hydrogen-bond donors (Lipinski definition) is 1. The predicted octanol–water partition coefficient (Wildman–Crippen LogP) is 3.50. The topological polar surface area (TPSA) is 40.5 Å². The molecule has 0 atom stereocenters. The molecule has 1 heterocycles. The maximum atomic E-state index is 10.7. The molecular formula is C17H23NO2S. The highest BCUT2D eigenvalue weighted by Crippen LogP contribution is 2.31. The zero-order chi connectivity index (χ0) is 15.3. The number of carboxylic acids is 1. The molecule has 1 N–H and O–H groups in total. The lowest BCUT2D eigenvalue weighted by Crippen LogP contribution is -2.27. The summed E-state index contributed by atoms with van der Waals surface area (Å²) in [6.45, 7) is 7.69. The molecule has 1 aliphatic heterocycles. The Kier molecular flexibility index (Phi) is 5.48. The monoisotopic (exact) mass is 305 g/mol. The fourth-order valence-electron chi connectivity index (χ4n) is 2.46. The van der Waals surface area contributed by atoms with Crippen molar-refractivity contribution in [2.75, 3.05) is 18.8 Å². The van der Waals surface area contributed by atoms with Gasteiger partial charge in [-0.2, -0.15) is 11.8 Å². The van der Waals surface area contributed by atoms with Crippen molar-refractivity contribution in [2.24, 2.45) is 0 Å². The zero-order valence-corrected chi connectivity index (χ0v) is 13.5. The molecule has 0 spiro atoms. The molecule has 0 aromatic heterocycles. The van der Waals surface area contributed by atoms with E-state index < -0.39 is 5.97 Å². The van der Waals surface area contributed by atoms with Gasteiger partial charge in [-0.1, -0.05) is 38.1 Å². The van der Waals surface area contributed by atoms with Crippen LogP contribution in [0.25, 0.3) is 6.08 Å². The fourth-order valence-corrected chi connectivity index (χ4v) is 3.60. The highest BCUT2D eigenvalue weighted by molar-refractivity contribution is 8.00. The number of aliphatic carboxylic acids is 1. The van der Waals surface area contributed by atoms with Crippen molar-refractivity contribution in [3.8, 4) is 0 Å². The van der Waals surface area contributed by atoms with E-state index in [1.54, 1.807) is 6.08 Å². The predicted molar refractivity (Wildman–Crippen MR) is 89.5 cm³/mol. The molecule has 3 nitrogen and oxygen atoms in total. The van der Waals surface area contributed by atoms with Crippen LogP contribution in [-0.4, -0.2) is 39.6 Å². The molecule has 114 valence electrons. The van der Waals surface area contributed by atoms with E-state index in [0.717, 1.165) is 31.0 Å². The van der Waals surface area contributed by atoms with Gasteiger partial charge in [0, 0.05) is 29.7 Å². The Morgan fingerprint density at radius 1 is 1.38 bits per heavy atom. The third kappa shape index (κ3) is 5.21. The van der Waals surface area contributed by atoms with E-state index in [-0.39, 0.29) is 0 Å². The van der Waals surface area contributed by atoms with Crippen molar-refractivity contribution in [1.82, 2.24) is 4.90 Å². The standard InChI is InChI=1S/C17H23NO2S/c1-17(2)9-10-18(11-12-21-17)13-15-6-4-3-5-14(15)7-8-16(19)20/h3-8H,9-13H2,1-2H3,(H,19,20)/b8-7+. The highest BCUT2D eigenvalue weighted by Gasteiger charge is 2.23. The van der Waals surface area contributed by atoms with Gasteiger partial charge in [-0.3, -0.25) is 4.90 Å². The molecule has 4 heteroatoms. The van der Waals surface area contributed by atoms with Crippen LogP contribution in [0.5, 0.6) is 0 Å². The third-order valence-corrected chi connectivity index (χ3v) is 5.16. The first-order valence-electron chi connectivity index (χ1n) is 7.31. The van der Waals surface area contributed by atoms with Crippen LogP contribution in [-0.2, 0) is 11.3 Å². The van der Waals surface area contributed by atoms with Gasteiger partial charge in [0.15, 0.2) is 0 Å². The highest BCUT2D eigenvalue weighted by atomic mass is 32.2. The number of carboxylic acid groups (broad SMARTS) is 1. The Hall–Kier alpha value is -1.26. The Morgan fingerprint density at radius 2 is 2.14 bits per heavy atom. The van der Waals surface area contributed by atoms with Crippen molar-refractivity contribution in [2.45, 2.75) is 31.6 Å². The van der Waals surface area contributed by atoms with E-state index >= 15 is 0 Å². The summed E-state index contributed by atoms with van der Waals surface area (Å²) in [5, 5.41) is 8.78. The van der Waals surface area contributed by atoms with Crippen LogP contribution < -0.4 is 0 Å². The number of thioether (sulfide) groups is 1. The third-order valence-electron chi connectivity index (χ3n) is 3.78. The first-order chi connectivity index (χ1) is 9.96. The SMILES string of the molecule is CC1(C)CCN(Cc2ccccc2/C=C/C(=O)O)CCS1. The van der Waals surface area contributed by atoms with E-state index in [9.17, 15) is 4.79 Å². The van der Waals surface area contributed by atoms with Gasteiger partial charge in [0.1, 0.15) is 0 Å². The van der Waals surface area contributed by atoms with E-state index in [4.69, 9.17) is 5.11 Å². The zero-order valence-electron chi connectivity index (χ0n) is 12.7. The lowest BCUT2D eigenvalue weighted by atomic mass is 10.1. The summed E-state index contributed by atoms with van der Waals surface area (Å²) in [7, 11) is 0. The molecule has 0 saturated carbocycles. The Labute approximate surface area is 131 Å². The number of benzene rings is 1. The van der Waals surface area contributed by atoms with Gasteiger partial charge in [-0.15, -0.1) is 0 Å². The van der Waals surface area contributed by atoms with Crippen molar-refractivity contribution in [1.29, 1.82) is 0 Å². The van der Waals surface area contributed by atoms with Crippen LogP contribution >= 0.6 is 11.8 Å². The van der Waals surface area contributed by atoms with Crippen LogP contribution in [0.2, 0.25) is 0 Å². The van der Waals surface area contributed by atoms with Gasteiger partial charge in [0.2, 0.25) is 0 Å². The van der Waals surface area contributed by atoms with Crippen molar-refractivity contribution in [3.05, 3.63) is 41.5 Å². The molecule has 0 aliphatic carbocycles. The Bertz CT molecular complexity index is 525. The molecule has 1 aromatic rings. The first-order valence-corrected chi connectivity index (χ1v) is 8.30. The maximum absolute atomic E-state index is 10.7. The fraction of sp³-hybridized carbons (Fsp3) is 0.471. The smallest absolute Gasteiger partial charge is 0.328 e. The second-order valence-corrected chi connectivity index (χ2v) is 7.81. The molecule has 0 bridgehead atoms. The molecule has 21 heavy (non-hydrogen) atoms. The molecule has 0 amide bonds. The van der Waals surface area contributed by atoms with Crippen LogP contribution in [0.4, 0.5) is 0 Å². The molecule has 1 aromatic carbocycles. The normalized spacial score (nSPS) is 19.5. The summed E-state index contributed by atoms with van der Waals surface area (Å²) in [5.74, 6) is 0.248.